The summed E-state index contributed by atoms with van der Waals surface area (Å²) in [5, 5.41) is 15.9. The van der Waals surface area contributed by atoms with Crippen LogP contribution in [-0.2, 0) is 0 Å². The van der Waals surface area contributed by atoms with Crippen LogP contribution in [0.25, 0.3) is 0 Å². The number of hydrogen-bond acceptors (Lipinski definition) is 4. The van der Waals surface area contributed by atoms with Crippen LogP contribution in [0.1, 0.15) is 23.2 Å². The molecule has 0 radical (unpaired) electrons. The zero-order chi connectivity index (χ0) is 12.7. The Morgan fingerprint density at radius 2 is 2.18 bits per heavy atom. The topological polar surface area (TPSA) is 104 Å². The molecule has 5 N–H and O–H groups in total. The summed E-state index contributed by atoms with van der Waals surface area (Å²) in [5.74, 6) is -1.05. The Labute approximate surface area is 103 Å². The second-order valence-corrected chi connectivity index (χ2v) is 4.26. The maximum atomic E-state index is 11.4. The molecule has 0 saturated heterocycles. The van der Waals surface area contributed by atoms with Crippen molar-refractivity contribution in [3.63, 3.8) is 0 Å². The van der Waals surface area contributed by atoms with Gasteiger partial charge in [-0.2, -0.15) is 0 Å². The lowest BCUT2D eigenvalue weighted by molar-refractivity contribution is 0.0698. The number of unbranched alkanes of at least 4 members (excludes halogenated alkanes) is 1. The van der Waals surface area contributed by atoms with E-state index in [4.69, 9.17) is 10.8 Å². The van der Waals surface area contributed by atoms with Crippen molar-refractivity contribution in [2.75, 3.05) is 18.4 Å². The van der Waals surface area contributed by atoms with Crippen molar-refractivity contribution in [3.05, 3.63) is 17.0 Å². The lowest BCUT2D eigenvalue weighted by atomic mass is 10.3. The Hall–Kier alpha value is -1.60. The summed E-state index contributed by atoms with van der Waals surface area (Å²) in [6, 6.07) is 1.06. The molecule has 0 saturated carbocycles. The maximum Gasteiger partial charge on any atom is 0.338 e. The SMILES string of the molecule is NCCCCNC(=O)Nc1sccc1C(=O)O. The van der Waals surface area contributed by atoms with Gasteiger partial charge < -0.3 is 16.2 Å². The Balaban J connectivity index is 2.40. The van der Waals surface area contributed by atoms with Crippen molar-refractivity contribution < 1.29 is 14.7 Å². The van der Waals surface area contributed by atoms with E-state index in [9.17, 15) is 9.59 Å². The Bertz CT molecular complexity index is 392. The zero-order valence-electron chi connectivity index (χ0n) is 9.23. The van der Waals surface area contributed by atoms with E-state index in [1.165, 1.54) is 17.4 Å². The molecule has 0 bridgehead atoms. The van der Waals surface area contributed by atoms with E-state index in [0.29, 0.717) is 18.1 Å². The number of carboxylic acids is 1. The lowest BCUT2D eigenvalue weighted by Gasteiger charge is -2.06. The maximum absolute atomic E-state index is 11.4. The van der Waals surface area contributed by atoms with Gasteiger partial charge in [0, 0.05) is 6.54 Å². The number of carbonyl (C=O) groups is 2. The molecule has 2 amide bonds. The van der Waals surface area contributed by atoms with Crippen LogP contribution in [0.5, 0.6) is 0 Å². The van der Waals surface area contributed by atoms with Crippen LogP contribution >= 0.6 is 11.3 Å². The normalized spacial score (nSPS) is 9.94. The van der Waals surface area contributed by atoms with E-state index in [0.717, 1.165) is 12.8 Å². The largest absolute Gasteiger partial charge is 0.478 e. The van der Waals surface area contributed by atoms with Gasteiger partial charge >= 0.3 is 12.0 Å². The van der Waals surface area contributed by atoms with Gasteiger partial charge in [0.1, 0.15) is 5.00 Å². The molecule has 0 unspecified atom stereocenters. The number of aromatic carboxylic acids is 1. The number of amides is 2. The number of carboxylic acid groups (broad SMARTS) is 1. The molecule has 1 aromatic rings. The molecule has 17 heavy (non-hydrogen) atoms. The smallest absolute Gasteiger partial charge is 0.338 e. The highest BCUT2D eigenvalue weighted by atomic mass is 32.1. The highest BCUT2D eigenvalue weighted by Gasteiger charge is 2.13. The second-order valence-electron chi connectivity index (χ2n) is 3.35. The van der Waals surface area contributed by atoms with Crippen LogP contribution in [0.4, 0.5) is 9.80 Å². The van der Waals surface area contributed by atoms with Gasteiger partial charge in [-0.1, -0.05) is 0 Å². The number of urea groups is 1. The van der Waals surface area contributed by atoms with Crippen molar-refractivity contribution >= 4 is 28.3 Å². The fourth-order valence-electron chi connectivity index (χ4n) is 1.19. The van der Waals surface area contributed by atoms with Gasteiger partial charge in [-0.3, -0.25) is 5.32 Å². The third-order valence-electron chi connectivity index (χ3n) is 2.04. The second kappa shape index (κ2) is 6.87. The first-order valence-electron chi connectivity index (χ1n) is 5.21. The minimum atomic E-state index is -1.05. The Kier molecular flexibility index (Phi) is 5.44. The number of nitrogens with one attached hydrogen (secondary N) is 2. The first-order valence-corrected chi connectivity index (χ1v) is 6.09. The molecule has 0 aliphatic carbocycles. The number of anilines is 1. The average Bonchev–Trinajstić information content (AvgIpc) is 2.72. The summed E-state index contributed by atoms with van der Waals surface area (Å²) in [6.07, 6.45) is 1.65. The first kappa shape index (κ1) is 13.5. The van der Waals surface area contributed by atoms with Crippen LogP contribution in [0, 0.1) is 0 Å². The number of carbonyl (C=O) groups excluding carboxylic acids is 1. The molecule has 0 fully saturated rings. The Morgan fingerprint density at radius 3 is 2.82 bits per heavy atom. The summed E-state index contributed by atoms with van der Waals surface area (Å²) in [6.45, 7) is 1.12. The molecule has 0 aliphatic heterocycles. The molecule has 1 aromatic heterocycles. The summed E-state index contributed by atoms with van der Waals surface area (Å²) in [7, 11) is 0. The Morgan fingerprint density at radius 1 is 1.41 bits per heavy atom. The predicted octanol–water partition coefficient (Wildman–Crippen LogP) is 1.31. The van der Waals surface area contributed by atoms with E-state index in [2.05, 4.69) is 10.6 Å². The summed E-state index contributed by atoms with van der Waals surface area (Å²) < 4.78 is 0. The van der Waals surface area contributed by atoms with Gasteiger partial charge in [0.25, 0.3) is 0 Å². The molecule has 7 heteroatoms. The number of rotatable bonds is 6. The molecule has 94 valence electrons. The van der Waals surface area contributed by atoms with Crippen molar-refractivity contribution in [1.29, 1.82) is 0 Å². The van der Waals surface area contributed by atoms with Crippen molar-refractivity contribution in [2.45, 2.75) is 12.8 Å². The third-order valence-corrected chi connectivity index (χ3v) is 2.87. The number of nitrogens with two attached hydrogens (primary N) is 1. The molecule has 0 aliphatic rings. The molecule has 0 aromatic carbocycles. The average molecular weight is 257 g/mol. The van der Waals surface area contributed by atoms with Gasteiger partial charge in [0.05, 0.1) is 5.56 Å². The van der Waals surface area contributed by atoms with E-state index >= 15 is 0 Å². The molecular weight excluding hydrogens is 242 g/mol. The van der Waals surface area contributed by atoms with E-state index in [1.807, 2.05) is 0 Å². The van der Waals surface area contributed by atoms with E-state index in [1.54, 1.807) is 5.38 Å². The quantitative estimate of drug-likeness (QED) is 0.576. The van der Waals surface area contributed by atoms with E-state index in [-0.39, 0.29) is 5.56 Å². The summed E-state index contributed by atoms with van der Waals surface area (Å²) >= 11 is 1.18. The van der Waals surface area contributed by atoms with Crippen LogP contribution in [0.2, 0.25) is 0 Å². The predicted molar refractivity (Wildman–Crippen MR) is 66.6 cm³/mol. The third kappa shape index (κ3) is 4.41. The highest BCUT2D eigenvalue weighted by molar-refractivity contribution is 7.14. The van der Waals surface area contributed by atoms with Gasteiger partial charge in [0.2, 0.25) is 0 Å². The minimum Gasteiger partial charge on any atom is -0.478 e. The molecular formula is C10H15N3O3S. The molecule has 0 atom stereocenters. The monoisotopic (exact) mass is 257 g/mol. The summed E-state index contributed by atoms with van der Waals surface area (Å²) in [4.78, 5) is 22.2. The van der Waals surface area contributed by atoms with Crippen LogP contribution in [0.3, 0.4) is 0 Å². The first-order chi connectivity index (χ1) is 8.15. The van der Waals surface area contributed by atoms with E-state index < -0.39 is 12.0 Å². The number of thiophene rings is 1. The molecule has 1 heterocycles. The lowest BCUT2D eigenvalue weighted by Crippen LogP contribution is -2.30. The van der Waals surface area contributed by atoms with Crippen molar-refractivity contribution in [3.8, 4) is 0 Å². The summed E-state index contributed by atoms with van der Waals surface area (Å²) in [5.41, 5.74) is 5.42. The van der Waals surface area contributed by atoms with Gasteiger partial charge in [-0.05, 0) is 30.8 Å². The van der Waals surface area contributed by atoms with Gasteiger partial charge in [-0.25, -0.2) is 9.59 Å². The van der Waals surface area contributed by atoms with Crippen LogP contribution in [0.15, 0.2) is 11.4 Å². The molecule has 0 spiro atoms. The zero-order valence-corrected chi connectivity index (χ0v) is 10.0. The van der Waals surface area contributed by atoms with Crippen molar-refractivity contribution in [1.82, 2.24) is 5.32 Å². The minimum absolute atomic E-state index is 0.104. The van der Waals surface area contributed by atoms with Crippen LogP contribution < -0.4 is 16.4 Å². The van der Waals surface area contributed by atoms with Gasteiger partial charge in [-0.15, -0.1) is 11.3 Å². The number of hydrogen-bond donors (Lipinski definition) is 4. The van der Waals surface area contributed by atoms with Crippen LogP contribution in [-0.4, -0.2) is 30.2 Å². The molecule has 1 rings (SSSR count). The fraction of sp³-hybridized carbons (Fsp3) is 0.400. The van der Waals surface area contributed by atoms with Crippen molar-refractivity contribution in [2.24, 2.45) is 5.73 Å². The standard InChI is InChI=1S/C10H15N3O3S/c11-4-1-2-5-12-10(16)13-8-7(9(14)15)3-6-17-8/h3,6H,1-2,4-5,11H2,(H,14,15)(H2,12,13,16). The fourth-order valence-corrected chi connectivity index (χ4v) is 1.97. The van der Waals surface area contributed by atoms with Gasteiger partial charge in [0.15, 0.2) is 0 Å². The molecule has 6 nitrogen and oxygen atoms in total. The highest BCUT2D eigenvalue weighted by Crippen LogP contribution is 2.22.